The second-order valence-corrected chi connectivity index (χ2v) is 4.92. The van der Waals surface area contributed by atoms with Crippen LogP contribution >= 0.6 is 0 Å². The standard InChI is InChI=1S/C14H33N2/c1-4-16(5-2,6-3)14-12-10-8-7-9-11-13-15/h4-15H2,1-3H3/q+1. The van der Waals surface area contributed by atoms with Gasteiger partial charge in [-0.2, -0.15) is 0 Å². The number of quaternary nitrogens is 1. The Kier molecular flexibility index (Phi) is 10.0. The molecule has 0 unspecified atom stereocenters. The maximum Gasteiger partial charge on any atom is 0.0786 e. The van der Waals surface area contributed by atoms with E-state index in [0.29, 0.717) is 0 Å². The summed E-state index contributed by atoms with van der Waals surface area (Å²) in [6.07, 6.45) is 8.12. The van der Waals surface area contributed by atoms with Gasteiger partial charge in [0.15, 0.2) is 0 Å². The average molecular weight is 229 g/mol. The number of nitrogens with two attached hydrogens (primary N) is 1. The summed E-state index contributed by atoms with van der Waals surface area (Å²) in [6.45, 7) is 13.1. The van der Waals surface area contributed by atoms with Crippen LogP contribution in [0.25, 0.3) is 0 Å². The minimum absolute atomic E-state index is 0.863. The van der Waals surface area contributed by atoms with Crippen LogP contribution in [0, 0.1) is 0 Å². The Morgan fingerprint density at radius 1 is 0.688 bits per heavy atom. The van der Waals surface area contributed by atoms with Crippen LogP contribution in [0.1, 0.15) is 59.3 Å². The summed E-state index contributed by atoms with van der Waals surface area (Å²) < 4.78 is 1.31. The van der Waals surface area contributed by atoms with Crippen molar-refractivity contribution >= 4 is 0 Å². The summed E-state index contributed by atoms with van der Waals surface area (Å²) in [7, 11) is 0. The number of unbranched alkanes of at least 4 members (excludes halogenated alkanes) is 5. The van der Waals surface area contributed by atoms with Crippen LogP contribution < -0.4 is 5.73 Å². The molecule has 0 rings (SSSR count). The predicted molar refractivity (Wildman–Crippen MR) is 73.5 cm³/mol. The third kappa shape index (κ3) is 6.49. The molecule has 0 aromatic rings. The monoisotopic (exact) mass is 229 g/mol. The third-order valence-corrected chi connectivity index (χ3v) is 4.10. The van der Waals surface area contributed by atoms with E-state index in [1.54, 1.807) is 0 Å². The van der Waals surface area contributed by atoms with E-state index in [0.717, 1.165) is 6.54 Å². The average Bonchev–Trinajstić information content (AvgIpc) is 2.34. The second-order valence-electron chi connectivity index (χ2n) is 4.92. The van der Waals surface area contributed by atoms with Crippen LogP contribution in [-0.2, 0) is 0 Å². The summed E-state index contributed by atoms with van der Waals surface area (Å²) >= 11 is 0. The maximum atomic E-state index is 5.48. The Morgan fingerprint density at radius 3 is 1.56 bits per heavy atom. The quantitative estimate of drug-likeness (QED) is 0.427. The van der Waals surface area contributed by atoms with Gasteiger partial charge in [-0.1, -0.05) is 19.3 Å². The predicted octanol–water partition coefficient (Wildman–Crippen LogP) is 3.16. The first-order valence-corrected chi connectivity index (χ1v) is 7.29. The molecule has 2 nitrogen and oxygen atoms in total. The minimum atomic E-state index is 0.863. The zero-order valence-electron chi connectivity index (χ0n) is 11.8. The molecule has 2 N–H and O–H groups in total. The van der Waals surface area contributed by atoms with Gasteiger partial charge < -0.3 is 10.2 Å². The summed E-state index contributed by atoms with van der Waals surface area (Å²) in [5.74, 6) is 0. The van der Waals surface area contributed by atoms with Crippen molar-refractivity contribution < 1.29 is 4.48 Å². The van der Waals surface area contributed by atoms with Crippen molar-refractivity contribution in [3.8, 4) is 0 Å². The molecule has 0 saturated carbocycles. The van der Waals surface area contributed by atoms with Crippen molar-refractivity contribution in [2.24, 2.45) is 5.73 Å². The van der Waals surface area contributed by atoms with Gasteiger partial charge in [0.05, 0.1) is 26.2 Å². The Labute approximate surface area is 103 Å². The molecular weight excluding hydrogens is 196 g/mol. The Bertz CT molecular complexity index is 133. The van der Waals surface area contributed by atoms with Gasteiger partial charge in [0.1, 0.15) is 0 Å². The third-order valence-electron chi connectivity index (χ3n) is 4.10. The van der Waals surface area contributed by atoms with E-state index in [4.69, 9.17) is 5.73 Å². The summed E-state index contributed by atoms with van der Waals surface area (Å²) in [5, 5.41) is 0. The lowest BCUT2D eigenvalue weighted by Gasteiger charge is -2.35. The largest absolute Gasteiger partial charge is 0.330 e. The molecule has 0 amide bonds. The fourth-order valence-electron chi connectivity index (χ4n) is 2.44. The zero-order chi connectivity index (χ0) is 12.3. The molecule has 0 fully saturated rings. The van der Waals surface area contributed by atoms with Gasteiger partial charge in [0.2, 0.25) is 0 Å². The van der Waals surface area contributed by atoms with Crippen molar-refractivity contribution in [3.63, 3.8) is 0 Å². The van der Waals surface area contributed by atoms with E-state index in [1.165, 1.54) is 69.2 Å². The number of nitrogens with zero attached hydrogens (tertiary/aromatic N) is 1. The lowest BCUT2D eigenvalue weighted by Crippen LogP contribution is -2.48. The first-order valence-electron chi connectivity index (χ1n) is 7.29. The highest BCUT2D eigenvalue weighted by atomic mass is 15.3. The van der Waals surface area contributed by atoms with Crippen LogP contribution in [0.3, 0.4) is 0 Å². The molecule has 0 aromatic heterocycles. The highest BCUT2D eigenvalue weighted by Crippen LogP contribution is 2.11. The molecule has 0 saturated heterocycles. The number of rotatable bonds is 11. The molecule has 2 heteroatoms. The molecule has 98 valence electrons. The molecule has 0 aliphatic rings. The fourth-order valence-corrected chi connectivity index (χ4v) is 2.44. The van der Waals surface area contributed by atoms with E-state index >= 15 is 0 Å². The molecular formula is C14H33N2+. The van der Waals surface area contributed by atoms with Gasteiger partial charge in [-0.15, -0.1) is 0 Å². The molecule has 0 aromatic carbocycles. The van der Waals surface area contributed by atoms with Crippen molar-refractivity contribution in [1.82, 2.24) is 0 Å². The van der Waals surface area contributed by atoms with Gasteiger partial charge in [0.25, 0.3) is 0 Å². The Balaban J connectivity index is 3.48. The van der Waals surface area contributed by atoms with E-state index in [2.05, 4.69) is 20.8 Å². The molecule has 0 atom stereocenters. The van der Waals surface area contributed by atoms with Gasteiger partial charge in [-0.3, -0.25) is 0 Å². The minimum Gasteiger partial charge on any atom is -0.330 e. The summed E-state index contributed by atoms with van der Waals surface area (Å²) in [4.78, 5) is 0. The van der Waals surface area contributed by atoms with Crippen molar-refractivity contribution in [2.75, 3.05) is 32.7 Å². The lowest BCUT2D eigenvalue weighted by atomic mass is 10.1. The fraction of sp³-hybridized carbons (Fsp3) is 1.00. The van der Waals surface area contributed by atoms with E-state index in [1.807, 2.05) is 0 Å². The molecule has 0 bridgehead atoms. The van der Waals surface area contributed by atoms with Crippen molar-refractivity contribution in [3.05, 3.63) is 0 Å². The Hall–Kier alpha value is -0.0800. The van der Waals surface area contributed by atoms with Crippen LogP contribution in [0.4, 0.5) is 0 Å². The zero-order valence-corrected chi connectivity index (χ0v) is 11.8. The molecule has 0 spiro atoms. The first-order chi connectivity index (χ1) is 7.74. The smallest absolute Gasteiger partial charge is 0.0786 e. The first kappa shape index (κ1) is 15.9. The van der Waals surface area contributed by atoms with Crippen LogP contribution in [0.2, 0.25) is 0 Å². The van der Waals surface area contributed by atoms with Crippen LogP contribution in [0.5, 0.6) is 0 Å². The highest BCUT2D eigenvalue weighted by molar-refractivity contribution is 4.47. The topological polar surface area (TPSA) is 26.0 Å². The van der Waals surface area contributed by atoms with Gasteiger partial charge in [0, 0.05) is 0 Å². The van der Waals surface area contributed by atoms with Gasteiger partial charge >= 0.3 is 0 Å². The maximum absolute atomic E-state index is 5.48. The number of hydrogen-bond donors (Lipinski definition) is 1. The lowest BCUT2D eigenvalue weighted by molar-refractivity contribution is -0.923. The summed E-state index contributed by atoms with van der Waals surface area (Å²) in [6, 6.07) is 0. The van der Waals surface area contributed by atoms with Crippen molar-refractivity contribution in [1.29, 1.82) is 0 Å². The van der Waals surface area contributed by atoms with Crippen LogP contribution in [-0.4, -0.2) is 37.2 Å². The normalized spacial score (nSPS) is 12.0. The molecule has 0 radical (unpaired) electrons. The molecule has 16 heavy (non-hydrogen) atoms. The van der Waals surface area contributed by atoms with E-state index in [-0.39, 0.29) is 0 Å². The Morgan fingerprint density at radius 2 is 1.12 bits per heavy atom. The molecule has 0 aliphatic heterocycles. The van der Waals surface area contributed by atoms with Crippen molar-refractivity contribution in [2.45, 2.75) is 59.3 Å². The van der Waals surface area contributed by atoms with E-state index in [9.17, 15) is 0 Å². The van der Waals surface area contributed by atoms with Gasteiger partial charge in [-0.25, -0.2) is 0 Å². The highest BCUT2D eigenvalue weighted by Gasteiger charge is 2.19. The van der Waals surface area contributed by atoms with Gasteiger partial charge in [-0.05, 0) is 46.6 Å². The van der Waals surface area contributed by atoms with Crippen LogP contribution in [0.15, 0.2) is 0 Å². The second kappa shape index (κ2) is 10.1. The SMILES string of the molecule is CC[N+](CC)(CC)CCCCCCCCN. The summed E-state index contributed by atoms with van der Waals surface area (Å²) in [5.41, 5.74) is 5.48. The molecule has 0 heterocycles. The van der Waals surface area contributed by atoms with E-state index < -0.39 is 0 Å². The molecule has 0 aliphatic carbocycles. The number of hydrogen-bond acceptors (Lipinski definition) is 1.